The molecule has 0 aromatic carbocycles. The van der Waals surface area contributed by atoms with Gasteiger partial charge in [-0.15, -0.1) is 0 Å². The molecule has 0 aliphatic rings. The van der Waals surface area contributed by atoms with E-state index >= 15 is 0 Å². The Morgan fingerprint density at radius 3 is 2.05 bits per heavy atom. The average Bonchev–Trinajstić information content (AvgIpc) is 2.43. The summed E-state index contributed by atoms with van der Waals surface area (Å²) in [7, 11) is -4.35. The molecule has 0 radical (unpaired) electrons. The summed E-state index contributed by atoms with van der Waals surface area (Å²) < 4.78 is 19.9. The zero-order chi connectivity index (χ0) is 16.0. The van der Waals surface area contributed by atoms with Gasteiger partial charge in [-0.2, -0.15) is 0 Å². The highest BCUT2D eigenvalue weighted by molar-refractivity contribution is 7.48. The second-order valence-electron chi connectivity index (χ2n) is 5.07. The first kappa shape index (κ1) is 20.6. The second-order valence-corrected chi connectivity index (χ2v) is 6.44. The van der Waals surface area contributed by atoms with E-state index in [1.165, 1.54) is 32.1 Å². The van der Waals surface area contributed by atoms with Gasteiger partial charge in [-0.1, -0.05) is 58.3 Å². The summed E-state index contributed by atoms with van der Waals surface area (Å²) in [6, 6.07) is 0. The number of rotatable bonds is 14. The minimum absolute atomic E-state index is 0.114. The normalized spacial score (nSPS) is 13.9. The van der Waals surface area contributed by atoms with Gasteiger partial charge >= 0.3 is 13.8 Å². The van der Waals surface area contributed by atoms with E-state index in [2.05, 4.69) is 16.0 Å². The maximum atomic E-state index is 11.3. The van der Waals surface area contributed by atoms with Crippen molar-refractivity contribution in [2.75, 3.05) is 13.2 Å². The molecule has 2 N–H and O–H groups in total. The van der Waals surface area contributed by atoms with Crippen molar-refractivity contribution < 1.29 is 28.4 Å². The van der Waals surface area contributed by atoms with Gasteiger partial charge in [-0.25, -0.2) is 4.57 Å². The van der Waals surface area contributed by atoms with Crippen molar-refractivity contribution in [3.63, 3.8) is 0 Å². The van der Waals surface area contributed by atoms with Crippen molar-refractivity contribution in [1.29, 1.82) is 0 Å². The average molecular weight is 324 g/mol. The third-order valence-electron chi connectivity index (χ3n) is 3.05. The van der Waals surface area contributed by atoms with Crippen molar-refractivity contribution in [2.45, 2.75) is 71.1 Å². The van der Waals surface area contributed by atoms with Crippen LogP contribution in [0, 0.1) is 0 Å². The summed E-state index contributed by atoms with van der Waals surface area (Å²) >= 11 is 0. The molecule has 0 fully saturated rings. The van der Waals surface area contributed by atoms with Crippen LogP contribution in [0.3, 0.4) is 0 Å². The van der Waals surface area contributed by atoms with Crippen molar-refractivity contribution in [1.82, 2.24) is 0 Å². The van der Waals surface area contributed by atoms with Crippen molar-refractivity contribution in [3.05, 3.63) is 0 Å². The summed E-state index contributed by atoms with van der Waals surface area (Å²) in [5, 5.41) is 8.46. The Labute approximate surface area is 127 Å². The molecule has 21 heavy (non-hydrogen) atoms. The topological polar surface area (TPSA) is 93.1 Å². The Morgan fingerprint density at radius 2 is 1.52 bits per heavy atom. The van der Waals surface area contributed by atoms with Crippen LogP contribution in [-0.2, 0) is 18.4 Å². The number of carbonyl (C=O) groups is 1. The van der Waals surface area contributed by atoms with E-state index in [1.54, 1.807) is 0 Å². The first-order valence-corrected chi connectivity index (χ1v) is 9.32. The minimum atomic E-state index is -4.35. The third kappa shape index (κ3) is 14.3. The Morgan fingerprint density at radius 1 is 1.00 bits per heavy atom. The van der Waals surface area contributed by atoms with Gasteiger partial charge in [0.25, 0.3) is 0 Å². The van der Waals surface area contributed by atoms with Gasteiger partial charge in [-0.3, -0.25) is 14.2 Å². The lowest BCUT2D eigenvalue weighted by atomic mass is 10.1. The number of hydrogen-bond acceptors (Lipinski definition) is 5. The Hall–Kier alpha value is -0.420. The molecule has 0 aliphatic heterocycles. The number of carbonyl (C=O) groups excluding carboxylic acids is 1. The van der Waals surface area contributed by atoms with Gasteiger partial charge in [0, 0.05) is 6.42 Å². The molecule has 0 aromatic heterocycles. The first-order chi connectivity index (χ1) is 10.0. The van der Waals surface area contributed by atoms with Crippen molar-refractivity contribution >= 4 is 13.8 Å². The lowest BCUT2D eigenvalue weighted by molar-refractivity contribution is -0.136. The lowest BCUT2D eigenvalue weighted by Crippen LogP contribution is -2.06. The first-order valence-electron chi connectivity index (χ1n) is 7.82. The molecule has 126 valence electrons. The van der Waals surface area contributed by atoms with Crippen molar-refractivity contribution in [3.8, 4) is 0 Å². The van der Waals surface area contributed by atoms with E-state index in [1.807, 2.05) is 0 Å². The Kier molecular flexibility index (Phi) is 13.0. The van der Waals surface area contributed by atoms with Crippen LogP contribution in [0.5, 0.6) is 0 Å². The highest BCUT2D eigenvalue weighted by Gasteiger charge is 2.25. The molecule has 6 nitrogen and oxygen atoms in total. The van der Waals surface area contributed by atoms with Gasteiger partial charge in [0.15, 0.2) is 0 Å². The van der Waals surface area contributed by atoms with Crippen LogP contribution < -0.4 is 0 Å². The number of aliphatic hydroxyl groups excluding tert-OH is 1. The van der Waals surface area contributed by atoms with Crippen LogP contribution in [0.15, 0.2) is 0 Å². The summed E-state index contributed by atoms with van der Waals surface area (Å²) in [5.41, 5.74) is 0. The second kappa shape index (κ2) is 13.3. The summed E-state index contributed by atoms with van der Waals surface area (Å²) in [6.07, 6.45) is 10.2. The van der Waals surface area contributed by atoms with Crippen LogP contribution >= 0.6 is 7.82 Å². The fraction of sp³-hybridized carbons (Fsp3) is 0.929. The molecule has 0 rings (SSSR count). The van der Waals surface area contributed by atoms with Crippen LogP contribution in [-0.4, -0.2) is 29.2 Å². The van der Waals surface area contributed by atoms with E-state index in [9.17, 15) is 9.36 Å². The molecule has 0 aromatic rings. The third-order valence-corrected chi connectivity index (χ3v) is 3.99. The zero-order valence-electron chi connectivity index (χ0n) is 13.0. The zero-order valence-corrected chi connectivity index (χ0v) is 13.9. The maximum Gasteiger partial charge on any atom is 0.529 e. The predicted molar refractivity (Wildman–Crippen MR) is 80.8 cm³/mol. The molecule has 0 bridgehead atoms. The molecule has 0 saturated carbocycles. The fourth-order valence-electron chi connectivity index (χ4n) is 1.94. The van der Waals surface area contributed by atoms with E-state index in [0.717, 1.165) is 19.3 Å². The van der Waals surface area contributed by atoms with Crippen LogP contribution in [0.2, 0.25) is 0 Å². The van der Waals surface area contributed by atoms with Gasteiger partial charge in [0.05, 0.1) is 13.2 Å². The quantitative estimate of drug-likeness (QED) is 0.375. The maximum absolute atomic E-state index is 11.3. The molecule has 0 spiro atoms. The highest BCUT2D eigenvalue weighted by Crippen LogP contribution is 2.43. The number of unbranched alkanes of at least 4 members (excludes halogenated alkanes) is 8. The van der Waals surface area contributed by atoms with Crippen LogP contribution in [0.4, 0.5) is 0 Å². The monoisotopic (exact) mass is 324 g/mol. The van der Waals surface area contributed by atoms with Gasteiger partial charge in [0.1, 0.15) is 0 Å². The van der Waals surface area contributed by atoms with Crippen LogP contribution in [0.1, 0.15) is 71.1 Å². The van der Waals surface area contributed by atoms with Gasteiger partial charge in [0.2, 0.25) is 0 Å². The summed E-state index contributed by atoms with van der Waals surface area (Å²) in [6.45, 7) is 1.46. The number of phosphoric ester groups is 1. The molecule has 0 aliphatic carbocycles. The Bertz CT molecular complexity index is 308. The molecule has 0 heterocycles. The summed E-state index contributed by atoms with van der Waals surface area (Å²) in [5.74, 6) is -0.735. The molecule has 7 heteroatoms. The molecule has 1 unspecified atom stereocenters. The van der Waals surface area contributed by atoms with Gasteiger partial charge in [-0.05, 0) is 6.42 Å². The lowest BCUT2D eigenvalue weighted by Gasteiger charge is -2.10. The molecule has 1 atom stereocenters. The fourth-order valence-corrected chi connectivity index (χ4v) is 2.65. The van der Waals surface area contributed by atoms with E-state index < -0.39 is 20.4 Å². The SMILES string of the molecule is CCCCCCCCCCCC(=O)OP(=O)(O)OCCO. The minimum Gasteiger partial charge on any atom is -0.394 e. The standard InChI is InChI=1S/C14H29O6P/c1-2-3-4-5-6-7-8-9-10-11-14(16)20-21(17,18)19-13-12-15/h15H,2-13H2,1H3,(H,17,18). The van der Waals surface area contributed by atoms with E-state index in [0.29, 0.717) is 6.42 Å². The van der Waals surface area contributed by atoms with E-state index in [-0.39, 0.29) is 13.0 Å². The number of aliphatic hydroxyl groups is 1. The number of phosphoric acid groups is 1. The molecule has 0 amide bonds. The van der Waals surface area contributed by atoms with Gasteiger partial charge < -0.3 is 9.63 Å². The number of hydrogen-bond donors (Lipinski definition) is 2. The Balaban J connectivity index is 3.47. The molecular formula is C14H29O6P. The molecular weight excluding hydrogens is 295 g/mol. The largest absolute Gasteiger partial charge is 0.529 e. The highest BCUT2D eigenvalue weighted by atomic mass is 31.2. The van der Waals surface area contributed by atoms with E-state index in [4.69, 9.17) is 10.00 Å². The smallest absolute Gasteiger partial charge is 0.394 e. The molecule has 0 saturated heterocycles. The summed E-state index contributed by atoms with van der Waals surface area (Å²) in [4.78, 5) is 20.5. The predicted octanol–water partition coefficient (Wildman–Crippen LogP) is 3.56. The van der Waals surface area contributed by atoms with Crippen LogP contribution in [0.25, 0.3) is 0 Å². The van der Waals surface area contributed by atoms with Crippen molar-refractivity contribution in [2.24, 2.45) is 0 Å².